The number of nitrogens with two attached hydrogens (primary N) is 1. The Morgan fingerprint density at radius 3 is 2.61 bits per heavy atom. The number of carbonyl (C=O) groups is 1. The van der Waals surface area contributed by atoms with Crippen LogP contribution in [0.3, 0.4) is 0 Å². The van der Waals surface area contributed by atoms with Gasteiger partial charge in [0, 0.05) is 31.3 Å². The number of hydrogen-bond acceptors (Lipinski definition) is 5. The molecule has 0 saturated carbocycles. The molecule has 3 aromatic rings. The minimum Gasteiger partial charge on any atom is -0.366 e. The van der Waals surface area contributed by atoms with E-state index in [1.54, 1.807) is 17.4 Å². The topological polar surface area (TPSA) is 72.1 Å². The average Bonchev–Trinajstić information content (AvgIpc) is 3.32. The fraction of sp³-hybridized carbons (Fsp3) is 0.318. The van der Waals surface area contributed by atoms with Crippen LogP contribution in [0.4, 0.5) is 5.82 Å². The van der Waals surface area contributed by atoms with Crippen molar-refractivity contribution in [2.45, 2.75) is 33.1 Å². The fourth-order valence-electron chi connectivity index (χ4n) is 3.71. The molecule has 0 bridgehead atoms. The zero-order chi connectivity index (χ0) is 19.7. The van der Waals surface area contributed by atoms with Crippen LogP contribution in [0, 0.1) is 13.8 Å². The van der Waals surface area contributed by atoms with E-state index in [2.05, 4.69) is 22.0 Å². The summed E-state index contributed by atoms with van der Waals surface area (Å²) >= 11 is 1.69. The third kappa shape index (κ3) is 3.78. The number of anilines is 1. The van der Waals surface area contributed by atoms with Gasteiger partial charge in [-0.3, -0.25) is 4.79 Å². The first-order chi connectivity index (χ1) is 13.5. The molecule has 1 aliphatic heterocycles. The van der Waals surface area contributed by atoms with Crippen LogP contribution in [0.15, 0.2) is 36.5 Å². The monoisotopic (exact) mass is 392 g/mol. The summed E-state index contributed by atoms with van der Waals surface area (Å²) in [5, 5.41) is 1.07. The summed E-state index contributed by atoms with van der Waals surface area (Å²) in [6.45, 7) is 6.15. The normalized spacial score (nSPS) is 13.9. The van der Waals surface area contributed by atoms with Crippen LogP contribution in [-0.2, 0) is 6.42 Å². The Morgan fingerprint density at radius 1 is 1.18 bits per heavy atom. The number of benzene rings is 1. The molecule has 1 amide bonds. The van der Waals surface area contributed by atoms with Crippen molar-refractivity contribution in [2.24, 2.45) is 5.73 Å². The van der Waals surface area contributed by atoms with E-state index >= 15 is 0 Å². The molecule has 1 aliphatic rings. The minimum absolute atomic E-state index is 0.393. The maximum absolute atomic E-state index is 11.5. The molecule has 5 nitrogen and oxygen atoms in total. The van der Waals surface area contributed by atoms with Crippen LogP contribution < -0.4 is 10.6 Å². The molecule has 2 N–H and O–H groups in total. The Kier molecular flexibility index (Phi) is 5.13. The van der Waals surface area contributed by atoms with Gasteiger partial charge in [0.1, 0.15) is 5.82 Å². The Balaban J connectivity index is 1.53. The Labute approximate surface area is 169 Å². The molecule has 28 heavy (non-hydrogen) atoms. The number of primary amides is 1. The van der Waals surface area contributed by atoms with Crippen LogP contribution in [0.1, 0.15) is 45.0 Å². The largest absolute Gasteiger partial charge is 0.366 e. The number of pyridine rings is 1. The predicted molar refractivity (Wildman–Crippen MR) is 114 cm³/mol. The lowest BCUT2D eigenvalue weighted by Crippen LogP contribution is -2.18. The lowest BCUT2D eigenvalue weighted by molar-refractivity contribution is 0.0999. The third-order valence-electron chi connectivity index (χ3n) is 5.19. The number of nitrogens with zero attached hydrogens (tertiary/aromatic N) is 3. The van der Waals surface area contributed by atoms with Crippen LogP contribution in [0.25, 0.3) is 10.4 Å². The zero-order valence-corrected chi connectivity index (χ0v) is 17.1. The molecule has 0 unspecified atom stereocenters. The minimum atomic E-state index is -0.393. The predicted octanol–water partition coefficient (Wildman–Crippen LogP) is 4.11. The van der Waals surface area contributed by atoms with Gasteiger partial charge in [-0.1, -0.05) is 12.1 Å². The molecule has 1 aromatic carbocycles. The van der Waals surface area contributed by atoms with Crippen LogP contribution in [0.2, 0.25) is 0 Å². The summed E-state index contributed by atoms with van der Waals surface area (Å²) < 4.78 is 0. The number of rotatable bonds is 5. The quantitative estimate of drug-likeness (QED) is 0.709. The smallest absolute Gasteiger partial charge is 0.248 e. The number of thiazole rings is 1. The standard InChI is InChI=1S/C22H24N4OS/c1-14-11-17(6-7-18(14)22(23)27)21-15(2)25-20(28-21)12-16-5-8-19(24-13-16)26-9-3-4-10-26/h5-8,11,13H,3-4,9-10,12H2,1-2H3,(H2,23,27). The number of aromatic nitrogens is 2. The lowest BCUT2D eigenvalue weighted by atomic mass is 10.0. The molecule has 0 aliphatic carbocycles. The van der Waals surface area contributed by atoms with Gasteiger partial charge < -0.3 is 10.6 Å². The Hall–Kier alpha value is -2.73. The van der Waals surface area contributed by atoms with Gasteiger partial charge in [0.25, 0.3) is 0 Å². The molecule has 6 heteroatoms. The van der Waals surface area contributed by atoms with Crippen molar-refractivity contribution in [1.29, 1.82) is 0 Å². The number of aryl methyl sites for hydroxylation is 2. The van der Waals surface area contributed by atoms with E-state index in [-0.39, 0.29) is 0 Å². The second kappa shape index (κ2) is 7.72. The van der Waals surface area contributed by atoms with Crippen molar-refractivity contribution in [1.82, 2.24) is 9.97 Å². The van der Waals surface area contributed by atoms with Gasteiger partial charge in [-0.2, -0.15) is 0 Å². The van der Waals surface area contributed by atoms with E-state index < -0.39 is 5.91 Å². The number of carbonyl (C=O) groups excluding carboxylic acids is 1. The second-order valence-corrected chi connectivity index (χ2v) is 8.40. The van der Waals surface area contributed by atoms with Gasteiger partial charge in [-0.05, 0) is 61.6 Å². The van der Waals surface area contributed by atoms with Crippen LogP contribution in [-0.4, -0.2) is 29.0 Å². The molecule has 4 rings (SSSR count). The first-order valence-corrected chi connectivity index (χ1v) is 10.4. The van der Waals surface area contributed by atoms with Gasteiger partial charge in [0.2, 0.25) is 5.91 Å². The Bertz CT molecular complexity index is 1000. The van der Waals surface area contributed by atoms with E-state index in [9.17, 15) is 4.79 Å². The first kappa shape index (κ1) is 18.6. The summed E-state index contributed by atoms with van der Waals surface area (Å²) in [7, 11) is 0. The summed E-state index contributed by atoms with van der Waals surface area (Å²) in [4.78, 5) is 24.3. The molecule has 0 atom stereocenters. The van der Waals surface area contributed by atoms with Gasteiger partial charge in [-0.25, -0.2) is 9.97 Å². The summed E-state index contributed by atoms with van der Waals surface area (Å²) in [6, 6.07) is 10.0. The highest BCUT2D eigenvalue weighted by molar-refractivity contribution is 7.15. The van der Waals surface area contributed by atoms with Crippen molar-refractivity contribution in [3.8, 4) is 10.4 Å². The molecule has 2 aromatic heterocycles. The van der Waals surface area contributed by atoms with Crippen molar-refractivity contribution in [3.63, 3.8) is 0 Å². The molecular formula is C22H24N4OS. The molecule has 1 fully saturated rings. The van der Waals surface area contributed by atoms with Crippen LogP contribution in [0.5, 0.6) is 0 Å². The highest BCUT2D eigenvalue weighted by Crippen LogP contribution is 2.32. The highest BCUT2D eigenvalue weighted by atomic mass is 32.1. The van der Waals surface area contributed by atoms with Gasteiger partial charge in [-0.15, -0.1) is 11.3 Å². The number of amides is 1. The number of hydrogen-bond donors (Lipinski definition) is 1. The van der Waals surface area contributed by atoms with Gasteiger partial charge in [0.15, 0.2) is 0 Å². The molecule has 144 valence electrons. The van der Waals surface area contributed by atoms with Crippen LogP contribution >= 0.6 is 11.3 Å². The summed E-state index contributed by atoms with van der Waals surface area (Å²) in [5.74, 6) is 0.679. The van der Waals surface area contributed by atoms with Crippen molar-refractivity contribution in [3.05, 3.63) is 63.9 Å². The van der Waals surface area contributed by atoms with Crippen molar-refractivity contribution < 1.29 is 4.79 Å². The van der Waals surface area contributed by atoms with E-state index in [1.807, 2.05) is 32.2 Å². The molecule has 0 spiro atoms. The summed E-state index contributed by atoms with van der Waals surface area (Å²) in [5.41, 5.74) is 10.1. The van der Waals surface area contributed by atoms with E-state index in [0.29, 0.717) is 5.56 Å². The SMILES string of the molecule is Cc1cc(-c2sc(Cc3ccc(N4CCCC4)nc3)nc2C)ccc1C(N)=O. The first-order valence-electron chi connectivity index (χ1n) is 9.58. The zero-order valence-electron chi connectivity index (χ0n) is 16.2. The molecule has 1 saturated heterocycles. The van der Waals surface area contributed by atoms with Gasteiger partial charge >= 0.3 is 0 Å². The maximum atomic E-state index is 11.5. The van der Waals surface area contributed by atoms with Gasteiger partial charge in [0.05, 0.1) is 15.6 Å². The third-order valence-corrected chi connectivity index (χ3v) is 6.40. The van der Waals surface area contributed by atoms with Crippen molar-refractivity contribution in [2.75, 3.05) is 18.0 Å². The second-order valence-electron chi connectivity index (χ2n) is 7.31. The fourth-order valence-corrected chi connectivity index (χ4v) is 4.80. The van der Waals surface area contributed by atoms with E-state index in [0.717, 1.165) is 52.0 Å². The molecule has 0 radical (unpaired) electrons. The van der Waals surface area contributed by atoms with Crippen molar-refractivity contribution >= 4 is 23.1 Å². The average molecular weight is 393 g/mol. The van der Waals surface area contributed by atoms with E-state index in [4.69, 9.17) is 10.7 Å². The summed E-state index contributed by atoms with van der Waals surface area (Å²) in [6.07, 6.45) is 5.25. The highest BCUT2D eigenvalue weighted by Gasteiger charge is 2.15. The Morgan fingerprint density at radius 2 is 1.96 bits per heavy atom. The lowest BCUT2D eigenvalue weighted by Gasteiger charge is -2.16. The molecular weight excluding hydrogens is 368 g/mol. The molecule has 3 heterocycles. The van der Waals surface area contributed by atoms with E-state index in [1.165, 1.54) is 18.4 Å². The maximum Gasteiger partial charge on any atom is 0.248 e.